The molecule has 2 rings (SSSR count). The van der Waals surface area contributed by atoms with Crippen LogP contribution in [0.2, 0.25) is 0 Å². The summed E-state index contributed by atoms with van der Waals surface area (Å²) in [7, 11) is 1.86. The Morgan fingerprint density at radius 3 is 2.50 bits per heavy atom. The number of nitrogens with zero attached hydrogens (tertiary/aromatic N) is 1. The largest absolute Gasteiger partial charge is 0.392 e. The van der Waals surface area contributed by atoms with Gasteiger partial charge in [-0.3, -0.25) is 4.79 Å². The van der Waals surface area contributed by atoms with Gasteiger partial charge in [-0.05, 0) is 31.1 Å². The van der Waals surface area contributed by atoms with E-state index in [1.165, 1.54) is 6.42 Å². The monoisotopic (exact) mass is 270 g/mol. The molecule has 1 heterocycles. The molecule has 2 atom stereocenters. The van der Waals surface area contributed by atoms with Crippen LogP contribution in [0.15, 0.2) is 0 Å². The minimum atomic E-state index is -0.666. The van der Waals surface area contributed by atoms with Crippen molar-refractivity contribution in [3.63, 3.8) is 0 Å². The van der Waals surface area contributed by atoms with Gasteiger partial charge in [-0.2, -0.15) is 0 Å². The zero-order valence-electron chi connectivity index (χ0n) is 11.1. The molecule has 2 unspecified atom stereocenters. The zero-order valence-corrected chi connectivity index (χ0v) is 12.0. The summed E-state index contributed by atoms with van der Waals surface area (Å²) in [6, 6.07) is 0. The molecule has 1 aliphatic heterocycles. The minimum absolute atomic E-state index is 0.0809. The zero-order chi connectivity index (χ0) is 13.3. The first kappa shape index (κ1) is 13.7. The van der Waals surface area contributed by atoms with Crippen molar-refractivity contribution in [3.8, 4) is 0 Å². The third-order valence-corrected chi connectivity index (χ3v) is 4.75. The predicted molar refractivity (Wildman–Crippen MR) is 74.2 cm³/mol. The van der Waals surface area contributed by atoms with Gasteiger partial charge in [-0.15, -0.1) is 0 Å². The second-order valence-electron chi connectivity index (χ2n) is 5.72. The van der Waals surface area contributed by atoms with Crippen molar-refractivity contribution >= 4 is 23.1 Å². The fraction of sp³-hybridized carbons (Fsp3) is 0.846. The number of rotatable bonds is 4. The van der Waals surface area contributed by atoms with E-state index < -0.39 is 5.41 Å². The van der Waals surface area contributed by atoms with Crippen LogP contribution in [0.5, 0.6) is 0 Å². The second kappa shape index (κ2) is 5.13. The summed E-state index contributed by atoms with van der Waals surface area (Å²) >= 11 is 5.15. The Morgan fingerprint density at radius 1 is 1.50 bits per heavy atom. The van der Waals surface area contributed by atoms with Crippen molar-refractivity contribution in [1.29, 1.82) is 0 Å². The molecular formula is C13H22N2O2S. The quantitative estimate of drug-likeness (QED) is 0.780. The van der Waals surface area contributed by atoms with E-state index in [-0.39, 0.29) is 5.91 Å². The van der Waals surface area contributed by atoms with Gasteiger partial charge < -0.3 is 15.4 Å². The fourth-order valence-electron chi connectivity index (χ4n) is 2.74. The lowest BCUT2D eigenvalue weighted by molar-refractivity contribution is -0.141. The molecule has 0 spiro atoms. The van der Waals surface area contributed by atoms with Crippen molar-refractivity contribution < 1.29 is 9.53 Å². The van der Waals surface area contributed by atoms with Gasteiger partial charge in [0.1, 0.15) is 5.41 Å². The van der Waals surface area contributed by atoms with Crippen LogP contribution in [0, 0.1) is 17.3 Å². The summed E-state index contributed by atoms with van der Waals surface area (Å²) < 4.78 is 5.33. The fourth-order valence-corrected chi connectivity index (χ4v) is 3.03. The minimum Gasteiger partial charge on any atom is -0.392 e. The first-order valence-electron chi connectivity index (χ1n) is 6.60. The molecule has 0 bridgehead atoms. The van der Waals surface area contributed by atoms with E-state index >= 15 is 0 Å². The standard InChI is InChI=1S/C13H22N2O2S/c1-9-7-10(9)8-15(2)12(16)13(11(14)18)3-5-17-6-4-13/h9-10H,3-8H2,1-2H3,(H2,14,18). The Hall–Kier alpha value is -0.680. The van der Waals surface area contributed by atoms with E-state index in [2.05, 4.69) is 6.92 Å². The van der Waals surface area contributed by atoms with Crippen LogP contribution in [0.4, 0.5) is 0 Å². The third-order valence-electron chi connectivity index (χ3n) is 4.36. The van der Waals surface area contributed by atoms with E-state index in [9.17, 15) is 4.79 Å². The van der Waals surface area contributed by atoms with Crippen LogP contribution in [-0.4, -0.2) is 42.6 Å². The average Bonchev–Trinajstić information content (AvgIpc) is 3.04. The number of hydrogen-bond donors (Lipinski definition) is 1. The molecule has 4 nitrogen and oxygen atoms in total. The molecule has 0 aromatic rings. The summed E-state index contributed by atoms with van der Waals surface area (Å²) in [5.74, 6) is 1.48. The van der Waals surface area contributed by atoms with Gasteiger partial charge in [-0.25, -0.2) is 0 Å². The number of carbonyl (C=O) groups excluding carboxylic acids is 1. The summed E-state index contributed by atoms with van der Waals surface area (Å²) in [4.78, 5) is 14.8. The third kappa shape index (κ3) is 2.52. The molecule has 18 heavy (non-hydrogen) atoms. The van der Waals surface area contributed by atoms with Gasteiger partial charge in [-0.1, -0.05) is 19.1 Å². The van der Waals surface area contributed by atoms with Gasteiger partial charge in [0.25, 0.3) is 0 Å². The Morgan fingerprint density at radius 2 is 2.06 bits per heavy atom. The van der Waals surface area contributed by atoms with E-state index in [1.807, 2.05) is 11.9 Å². The lowest BCUT2D eigenvalue weighted by Crippen LogP contribution is -2.52. The number of thiocarbonyl (C=S) groups is 1. The van der Waals surface area contributed by atoms with Crippen molar-refractivity contribution in [2.75, 3.05) is 26.8 Å². The average molecular weight is 270 g/mol. The molecule has 2 N–H and O–H groups in total. The molecule has 2 fully saturated rings. The van der Waals surface area contributed by atoms with Crippen LogP contribution < -0.4 is 5.73 Å². The maximum absolute atomic E-state index is 12.6. The topological polar surface area (TPSA) is 55.6 Å². The second-order valence-corrected chi connectivity index (χ2v) is 6.16. The van der Waals surface area contributed by atoms with Crippen LogP contribution in [0.3, 0.4) is 0 Å². The Bertz CT molecular complexity index is 353. The van der Waals surface area contributed by atoms with Crippen LogP contribution >= 0.6 is 12.2 Å². The summed E-state index contributed by atoms with van der Waals surface area (Å²) in [5, 5.41) is 0. The van der Waals surface area contributed by atoms with Gasteiger partial charge >= 0.3 is 0 Å². The van der Waals surface area contributed by atoms with E-state index in [0.29, 0.717) is 37.0 Å². The van der Waals surface area contributed by atoms with Crippen molar-refractivity contribution in [2.45, 2.75) is 26.2 Å². The maximum Gasteiger partial charge on any atom is 0.235 e. The number of amides is 1. The van der Waals surface area contributed by atoms with Crippen LogP contribution in [0.25, 0.3) is 0 Å². The van der Waals surface area contributed by atoms with E-state index in [1.54, 1.807) is 0 Å². The van der Waals surface area contributed by atoms with Gasteiger partial charge in [0.15, 0.2) is 0 Å². The number of ether oxygens (including phenoxy) is 1. The van der Waals surface area contributed by atoms with Gasteiger partial charge in [0.05, 0.1) is 4.99 Å². The van der Waals surface area contributed by atoms with Gasteiger partial charge in [0, 0.05) is 26.8 Å². The molecule has 1 aliphatic carbocycles. The molecule has 102 valence electrons. The highest BCUT2D eigenvalue weighted by atomic mass is 32.1. The highest BCUT2D eigenvalue weighted by molar-refractivity contribution is 7.80. The Kier molecular flexibility index (Phi) is 3.92. The first-order chi connectivity index (χ1) is 8.47. The van der Waals surface area contributed by atoms with Crippen molar-refractivity contribution in [3.05, 3.63) is 0 Å². The maximum atomic E-state index is 12.6. The highest BCUT2D eigenvalue weighted by Crippen LogP contribution is 2.39. The molecule has 2 aliphatic rings. The molecule has 1 amide bonds. The highest BCUT2D eigenvalue weighted by Gasteiger charge is 2.45. The normalized spacial score (nSPS) is 29.7. The molecule has 0 radical (unpaired) electrons. The van der Waals surface area contributed by atoms with Crippen molar-refractivity contribution in [2.24, 2.45) is 23.0 Å². The van der Waals surface area contributed by atoms with Crippen molar-refractivity contribution in [1.82, 2.24) is 4.90 Å². The smallest absolute Gasteiger partial charge is 0.235 e. The SMILES string of the molecule is CC1CC1CN(C)C(=O)C1(C(N)=S)CCOCC1. The molecule has 1 saturated heterocycles. The van der Waals surface area contributed by atoms with Crippen LogP contribution in [-0.2, 0) is 9.53 Å². The lowest BCUT2D eigenvalue weighted by Gasteiger charge is -2.37. The van der Waals surface area contributed by atoms with E-state index in [0.717, 1.165) is 12.5 Å². The Balaban J connectivity index is 2.05. The molecule has 0 aromatic heterocycles. The summed E-state index contributed by atoms with van der Waals surface area (Å²) in [6.07, 6.45) is 2.46. The van der Waals surface area contributed by atoms with E-state index in [4.69, 9.17) is 22.7 Å². The molecule has 0 aromatic carbocycles. The lowest BCUT2D eigenvalue weighted by atomic mass is 9.78. The molecule has 5 heteroatoms. The summed E-state index contributed by atoms with van der Waals surface area (Å²) in [5.41, 5.74) is 5.18. The Labute approximate surface area is 114 Å². The summed E-state index contributed by atoms with van der Waals surface area (Å²) in [6.45, 7) is 4.18. The molecule has 1 saturated carbocycles. The number of nitrogens with two attached hydrogens (primary N) is 1. The number of hydrogen-bond acceptors (Lipinski definition) is 3. The first-order valence-corrected chi connectivity index (χ1v) is 7.01. The van der Waals surface area contributed by atoms with Gasteiger partial charge in [0.2, 0.25) is 5.91 Å². The number of carbonyl (C=O) groups is 1. The predicted octanol–water partition coefficient (Wildman–Crippen LogP) is 1.18. The molecular weight excluding hydrogens is 248 g/mol. The van der Waals surface area contributed by atoms with Crippen LogP contribution in [0.1, 0.15) is 26.2 Å².